The van der Waals surface area contributed by atoms with E-state index in [0.717, 1.165) is 16.5 Å². The number of para-hydroxylation sites is 2. The minimum Gasteiger partial charge on any atom is -0.493 e. The van der Waals surface area contributed by atoms with Crippen molar-refractivity contribution in [3.63, 3.8) is 0 Å². The molecule has 1 N–H and O–H groups in total. The molecule has 0 saturated carbocycles. The van der Waals surface area contributed by atoms with Gasteiger partial charge in [-0.3, -0.25) is 4.79 Å². The number of carbonyl (C=O) groups excluding carboxylic acids is 1. The van der Waals surface area contributed by atoms with Crippen molar-refractivity contribution < 1.29 is 14.3 Å². The monoisotopic (exact) mass is 460 g/mol. The highest BCUT2D eigenvalue weighted by molar-refractivity contribution is 9.10. The molecule has 0 radical (unpaired) electrons. The number of thiocarbonyl (C=S) groups is 1. The van der Waals surface area contributed by atoms with Crippen molar-refractivity contribution in [3.05, 3.63) is 58.2 Å². The molecule has 1 fully saturated rings. The Morgan fingerprint density at radius 2 is 1.93 bits per heavy atom. The van der Waals surface area contributed by atoms with E-state index in [4.69, 9.17) is 21.7 Å². The van der Waals surface area contributed by atoms with Crippen LogP contribution in [-0.2, 0) is 4.79 Å². The molecule has 1 amide bonds. The smallest absolute Gasteiger partial charge is 0.281 e. The number of carbonyl (C=O) groups is 1. The maximum atomic E-state index is 13.1. The number of amides is 1. The molecule has 0 spiro atoms. The Bertz CT molecular complexity index is 930. The largest absolute Gasteiger partial charge is 0.493 e. The predicted octanol–water partition coefficient (Wildman–Crippen LogP) is 4.90. The van der Waals surface area contributed by atoms with Crippen LogP contribution in [0.3, 0.4) is 0 Å². The van der Waals surface area contributed by atoms with Crippen LogP contribution in [0.1, 0.15) is 25.8 Å². The van der Waals surface area contributed by atoms with Gasteiger partial charge in [-0.1, -0.05) is 35.0 Å². The number of nitrogens with zero attached hydrogens (tertiary/aromatic N) is 1. The van der Waals surface area contributed by atoms with Crippen LogP contribution in [0.5, 0.6) is 11.5 Å². The third-order valence-corrected chi connectivity index (χ3v) is 4.80. The summed E-state index contributed by atoms with van der Waals surface area (Å²) in [6.07, 6.45) is 2.66. The van der Waals surface area contributed by atoms with Gasteiger partial charge in [0.05, 0.1) is 18.9 Å². The van der Waals surface area contributed by atoms with Gasteiger partial charge in [0.25, 0.3) is 5.91 Å². The van der Waals surface area contributed by atoms with E-state index in [1.165, 1.54) is 4.90 Å². The van der Waals surface area contributed by atoms with Crippen LogP contribution < -0.4 is 19.7 Å². The van der Waals surface area contributed by atoms with E-state index < -0.39 is 0 Å². The van der Waals surface area contributed by atoms with Gasteiger partial charge in [0, 0.05) is 10.0 Å². The highest BCUT2D eigenvalue weighted by Crippen LogP contribution is 2.32. The highest BCUT2D eigenvalue weighted by Gasteiger charge is 2.33. The van der Waals surface area contributed by atoms with Gasteiger partial charge in [0.2, 0.25) is 0 Å². The molecule has 0 aromatic heterocycles. The molecule has 1 heterocycles. The Hall–Kier alpha value is -2.38. The van der Waals surface area contributed by atoms with E-state index in [9.17, 15) is 4.79 Å². The summed E-state index contributed by atoms with van der Waals surface area (Å²) in [6, 6.07) is 13.0. The van der Waals surface area contributed by atoms with E-state index in [0.29, 0.717) is 41.2 Å². The first-order valence-corrected chi connectivity index (χ1v) is 10.3. The summed E-state index contributed by atoms with van der Waals surface area (Å²) >= 11 is 8.90. The second-order valence-corrected chi connectivity index (χ2v) is 7.36. The van der Waals surface area contributed by atoms with Crippen molar-refractivity contribution in [2.24, 2.45) is 0 Å². The molecular formula is C21H21BrN2O3S. The van der Waals surface area contributed by atoms with Crippen LogP contribution >= 0.6 is 28.1 Å². The molecule has 0 unspecified atom stereocenters. The van der Waals surface area contributed by atoms with Crippen LogP contribution in [0.4, 0.5) is 5.69 Å². The van der Waals surface area contributed by atoms with Gasteiger partial charge in [-0.25, -0.2) is 4.90 Å². The summed E-state index contributed by atoms with van der Waals surface area (Å²) in [7, 11) is 0. The SMILES string of the molecule is CCCOc1ccc(Br)cc1/C=C1/NC(=S)N(c2ccccc2OCC)C1=O. The van der Waals surface area contributed by atoms with Crippen LogP contribution in [0.25, 0.3) is 6.08 Å². The lowest BCUT2D eigenvalue weighted by molar-refractivity contribution is -0.113. The van der Waals surface area contributed by atoms with Crippen molar-refractivity contribution in [2.75, 3.05) is 18.1 Å². The highest BCUT2D eigenvalue weighted by atomic mass is 79.9. The number of anilines is 1. The molecule has 2 aromatic rings. The summed E-state index contributed by atoms with van der Waals surface area (Å²) in [5.41, 5.74) is 1.80. The summed E-state index contributed by atoms with van der Waals surface area (Å²) in [5.74, 6) is 1.09. The van der Waals surface area contributed by atoms with Crippen LogP contribution in [0.2, 0.25) is 0 Å². The fourth-order valence-electron chi connectivity index (χ4n) is 2.80. The average molecular weight is 461 g/mol. The van der Waals surface area contributed by atoms with Gasteiger partial charge in [0.1, 0.15) is 17.2 Å². The van der Waals surface area contributed by atoms with Crippen molar-refractivity contribution >= 4 is 50.9 Å². The minimum atomic E-state index is -0.237. The fraction of sp³-hybridized carbons (Fsp3) is 0.238. The average Bonchev–Trinajstić information content (AvgIpc) is 2.95. The van der Waals surface area contributed by atoms with Gasteiger partial charge in [0.15, 0.2) is 5.11 Å². The quantitative estimate of drug-likeness (QED) is 0.470. The first-order valence-electron chi connectivity index (χ1n) is 9.06. The van der Waals surface area contributed by atoms with E-state index in [2.05, 4.69) is 21.2 Å². The second kappa shape index (κ2) is 9.21. The number of hydrogen-bond acceptors (Lipinski definition) is 4. The van der Waals surface area contributed by atoms with Gasteiger partial charge in [-0.2, -0.15) is 0 Å². The molecular weight excluding hydrogens is 440 g/mol. The molecule has 0 bridgehead atoms. The molecule has 0 atom stereocenters. The number of nitrogens with one attached hydrogen (secondary N) is 1. The molecule has 0 aliphatic carbocycles. The van der Waals surface area contributed by atoms with E-state index in [-0.39, 0.29) is 5.91 Å². The zero-order valence-corrected chi connectivity index (χ0v) is 18.1. The van der Waals surface area contributed by atoms with Crippen molar-refractivity contribution in [1.29, 1.82) is 0 Å². The van der Waals surface area contributed by atoms with E-state index in [1.54, 1.807) is 6.08 Å². The molecule has 1 saturated heterocycles. The summed E-state index contributed by atoms with van der Waals surface area (Å²) in [6.45, 7) is 5.05. The Labute approximate surface area is 178 Å². The number of ether oxygens (including phenoxy) is 2. The lowest BCUT2D eigenvalue weighted by Crippen LogP contribution is -2.30. The number of benzene rings is 2. The van der Waals surface area contributed by atoms with Crippen LogP contribution in [-0.4, -0.2) is 24.2 Å². The van der Waals surface area contributed by atoms with Crippen LogP contribution in [0.15, 0.2) is 52.6 Å². The van der Waals surface area contributed by atoms with E-state index in [1.807, 2.05) is 56.3 Å². The first-order chi connectivity index (χ1) is 13.5. The normalized spacial score (nSPS) is 15.1. The lowest BCUT2D eigenvalue weighted by Gasteiger charge is -2.18. The summed E-state index contributed by atoms with van der Waals surface area (Å²) in [5, 5.41) is 3.33. The molecule has 1 aliphatic rings. The van der Waals surface area contributed by atoms with Gasteiger partial charge in [-0.15, -0.1) is 0 Å². The Morgan fingerprint density at radius 1 is 1.14 bits per heavy atom. The Balaban J connectivity index is 1.96. The minimum absolute atomic E-state index is 0.237. The third-order valence-electron chi connectivity index (χ3n) is 4.02. The standard InChI is InChI=1S/C21H21BrN2O3S/c1-3-11-27-18-10-9-15(22)12-14(18)13-16-20(25)24(21(28)23-16)17-7-5-6-8-19(17)26-4-2/h5-10,12-13H,3-4,11H2,1-2H3,(H,23,28)/b16-13+. The molecule has 146 valence electrons. The maximum Gasteiger partial charge on any atom is 0.281 e. The van der Waals surface area contributed by atoms with Gasteiger partial charge < -0.3 is 14.8 Å². The van der Waals surface area contributed by atoms with Crippen molar-refractivity contribution in [3.8, 4) is 11.5 Å². The molecule has 2 aromatic carbocycles. The lowest BCUT2D eigenvalue weighted by atomic mass is 10.1. The van der Waals surface area contributed by atoms with Crippen molar-refractivity contribution in [1.82, 2.24) is 5.32 Å². The van der Waals surface area contributed by atoms with E-state index >= 15 is 0 Å². The van der Waals surface area contributed by atoms with Crippen LogP contribution in [0, 0.1) is 0 Å². The third kappa shape index (κ3) is 4.36. The molecule has 5 nitrogen and oxygen atoms in total. The molecule has 7 heteroatoms. The fourth-order valence-corrected chi connectivity index (χ4v) is 3.47. The molecule has 1 aliphatic heterocycles. The maximum absolute atomic E-state index is 13.1. The first kappa shape index (κ1) is 20.4. The number of halogens is 1. The number of rotatable bonds is 7. The van der Waals surface area contributed by atoms with Gasteiger partial charge >= 0.3 is 0 Å². The summed E-state index contributed by atoms with van der Waals surface area (Å²) in [4.78, 5) is 14.5. The Kier molecular flexibility index (Phi) is 6.70. The molecule has 3 rings (SSSR count). The van der Waals surface area contributed by atoms with Gasteiger partial charge in [-0.05, 0) is 62.0 Å². The Morgan fingerprint density at radius 3 is 2.68 bits per heavy atom. The topological polar surface area (TPSA) is 50.8 Å². The predicted molar refractivity (Wildman–Crippen MR) is 119 cm³/mol. The molecule has 28 heavy (non-hydrogen) atoms. The second-order valence-electron chi connectivity index (χ2n) is 6.06. The summed E-state index contributed by atoms with van der Waals surface area (Å²) < 4.78 is 12.4. The number of hydrogen-bond donors (Lipinski definition) is 1. The van der Waals surface area contributed by atoms with Crippen molar-refractivity contribution in [2.45, 2.75) is 20.3 Å². The zero-order chi connectivity index (χ0) is 20.1. The zero-order valence-electron chi connectivity index (χ0n) is 15.7.